The van der Waals surface area contributed by atoms with Gasteiger partial charge in [-0.3, -0.25) is 4.98 Å². The van der Waals surface area contributed by atoms with Crippen molar-refractivity contribution in [1.82, 2.24) is 10.3 Å². The Kier molecular flexibility index (Phi) is 7.04. The fraction of sp³-hybridized carbons (Fsp3) is 0.250. The van der Waals surface area contributed by atoms with Crippen molar-refractivity contribution in [3.63, 3.8) is 0 Å². The first-order valence-electron chi connectivity index (χ1n) is 6.91. The van der Waals surface area contributed by atoms with Crippen LogP contribution in [0.4, 0.5) is 5.69 Å². The number of hydrogen-bond acceptors (Lipinski definition) is 3. The van der Waals surface area contributed by atoms with Crippen molar-refractivity contribution < 1.29 is 0 Å². The first-order chi connectivity index (χ1) is 10.3. The van der Waals surface area contributed by atoms with Crippen LogP contribution in [0.2, 0.25) is 0 Å². The molecule has 2 aromatic rings. The maximum Gasteiger partial charge on any atom is 0.170 e. The van der Waals surface area contributed by atoms with E-state index in [9.17, 15) is 0 Å². The zero-order chi connectivity index (χ0) is 14.8. The molecule has 0 fully saturated rings. The van der Waals surface area contributed by atoms with Gasteiger partial charge in [0.2, 0.25) is 0 Å². The van der Waals surface area contributed by atoms with Crippen LogP contribution in [0.3, 0.4) is 0 Å². The van der Waals surface area contributed by atoms with Crippen LogP contribution in [0.15, 0.2) is 54.9 Å². The molecule has 2 N–H and O–H groups in total. The number of thiocarbonyl (C=S) groups is 1. The van der Waals surface area contributed by atoms with E-state index in [1.807, 2.05) is 23.9 Å². The summed E-state index contributed by atoms with van der Waals surface area (Å²) in [6.07, 6.45) is 4.58. The Morgan fingerprint density at radius 2 is 1.86 bits per heavy atom. The average Bonchev–Trinajstić information content (AvgIpc) is 2.53. The van der Waals surface area contributed by atoms with Gasteiger partial charge in [-0.1, -0.05) is 30.3 Å². The summed E-state index contributed by atoms with van der Waals surface area (Å²) in [7, 11) is 0. The SMILES string of the molecule is S=C(NCCCSCc1ccccc1)Nc1ccncc1. The quantitative estimate of drug-likeness (QED) is 0.602. The van der Waals surface area contributed by atoms with Crippen LogP contribution in [0.25, 0.3) is 0 Å². The monoisotopic (exact) mass is 317 g/mol. The molecule has 0 aliphatic rings. The van der Waals surface area contributed by atoms with Gasteiger partial charge in [-0.15, -0.1) is 0 Å². The van der Waals surface area contributed by atoms with Crippen LogP contribution in [0.1, 0.15) is 12.0 Å². The van der Waals surface area contributed by atoms with Gasteiger partial charge < -0.3 is 10.6 Å². The summed E-state index contributed by atoms with van der Waals surface area (Å²) in [5.41, 5.74) is 2.34. The second kappa shape index (κ2) is 9.37. The number of thioether (sulfide) groups is 1. The number of aromatic nitrogens is 1. The molecule has 3 nitrogen and oxygen atoms in total. The van der Waals surface area contributed by atoms with E-state index in [1.54, 1.807) is 12.4 Å². The summed E-state index contributed by atoms with van der Waals surface area (Å²) in [5.74, 6) is 2.19. The predicted molar refractivity (Wildman–Crippen MR) is 95.7 cm³/mol. The number of anilines is 1. The van der Waals surface area contributed by atoms with Crippen molar-refractivity contribution in [3.05, 3.63) is 60.4 Å². The summed E-state index contributed by atoms with van der Waals surface area (Å²) in [5, 5.41) is 7.01. The smallest absolute Gasteiger partial charge is 0.170 e. The number of nitrogens with one attached hydrogen (secondary N) is 2. The van der Waals surface area contributed by atoms with Crippen LogP contribution in [-0.4, -0.2) is 22.4 Å². The second-order valence-electron chi connectivity index (χ2n) is 4.51. The van der Waals surface area contributed by atoms with Crippen molar-refractivity contribution >= 4 is 34.8 Å². The van der Waals surface area contributed by atoms with E-state index in [0.29, 0.717) is 5.11 Å². The van der Waals surface area contributed by atoms with Gasteiger partial charge in [0.15, 0.2) is 5.11 Å². The molecule has 1 heterocycles. The average molecular weight is 317 g/mol. The highest BCUT2D eigenvalue weighted by Gasteiger charge is 1.97. The Hall–Kier alpha value is -1.59. The third-order valence-electron chi connectivity index (χ3n) is 2.80. The van der Waals surface area contributed by atoms with Gasteiger partial charge >= 0.3 is 0 Å². The Balaban J connectivity index is 1.52. The fourth-order valence-electron chi connectivity index (χ4n) is 1.75. The van der Waals surface area contributed by atoms with Crippen molar-refractivity contribution in [1.29, 1.82) is 0 Å². The van der Waals surface area contributed by atoms with Crippen molar-refractivity contribution in [2.24, 2.45) is 0 Å². The number of nitrogens with zero attached hydrogens (tertiary/aromatic N) is 1. The summed E-state index contributed by atoms with van der Waals surface area (Å²) in [4.78, 5) is 3.97. The summed E-state index contributed by atoms with van der Waals surface area (Å²) < 4.78 is 0. The van der Waals surface area contributed by atoms with Crippen molar-refractivity contribution in [3.8, 4) is 0 Å². The van der Waals surface area contributed by atoms with Crippen molar-refractivity contribution in [2.75, 3.05) is 17.6 Å². The molecule has 0 radical (unpaired) electrons. The third-order valence-corrected chi connectivity index (χ3v) is 4.16. The molecule has 0 aliphatic heterocycles. The minimum atomic E-state index is 0.661. The number of pyridine rings is 1. The molecule has 0 amide bonds. The zero-order valence-corrected chi connectivity index (χ0v) is 13.4. The van der Waals surface area contributed by atoms with E-state index in [1.165, 1.54) is 5.56 Å². The molecule has 2 rings (SSSR count). The second-order valence-corrected chi connectivity index (χ2v) is 6.02. The molecule has 0 spiro atoms. The number of hydrogen-bond donors (Lipinski definition) is 2. The van der Waals surface area contributed by atoms with Gasteiger partial charge in [0.1, 0.15) is 0 Å². The molecule has 1 aromatic carbocycles. The lowest BCUT2D eigenvalue weighted by Gasteiger charge is -2.10. The normalized spacial score (nSPS) is 10.1. The maximum absolute atomic E-state index is 5.24. The maximum atomic E-state index is 5.24. The zero-order valence-electron chi connectivity index (χ0n) is 11.8. The van der Waals surface area contributed by atoms with Crippen molar-refractivity contribution in [2.45, 2.75) is 12.2 Å². The lowest BCUT2D eigenvalue weighted by atomic mass is 10.2. The van der Waals surface area contributed by atoms with E-state index >= 15 is 0 Å². The first kappa shape index (κ1) is 15.8. The number of benzene rings is 1. The lowest BCUT2D eigenvalue weighted by Crippen LogP contribution is -2.29. The molecule has 1 aromatic heterocycles. The van der Waals surface area contributed by atoms with Crippen LogP contribution in [0.5, 0.6) is 0 Å². The Labute approximate surface area is 135 Å². The van der Waals surface area contributed by atoms with Gasteiger partial charge in [-0.25, -0.2) is 0 Å². The van der Waals surface area contributed by atoms with E-state index in [4.69, 9.17) is 12.2 Å². The van der Waals surface area contributed by atoms with E-state index in [0.717, 1.165) is 30.2 Å². The minimum Gasteiger partial charge on any atom is -0.362 e. The van der Waals surface area contributed by atoms with Crippen LogP contribution < -0.4 is 10.6 Å². The molecule has 0 atom stereocenters. The molecular weight excluding hydrogens is 298 g/mol. The first-order valence-corrected chi connectivity index (χ1v) is 8.47. The molecule has 0 saturated carbocycles. The van der Waals surface area contributed by atoms with Crippen LogP contribution in [-0.2, 0) is 5.75 Å². The lowest BCUT2D eigenvalue weighted by molar-refractivity contribution is 0.854. The van der Waals surface area contributed by atoms with Gasteiger partial charge in [-0.05, 0) is 42.1 Å². The molecular formula is C16H19N3S2. The molecule has 21 heavy (non-hydrogen) atoms. The van der Waals surface area contributed by atoms with Crippen LogP contribution in [0, 0.1) is 0 Å². The van der Waals surface area contributed by atoms with E-state index in [-0.39, 0.29) is 0 Å². The van der Waals surface area contributed by atoms with Crippen LogP contribution >= 0.6 is 24.0 Å². The molecule has 0 aliphatic carbocycles. The van der Waals surface area contributed by atoms with E-state index in [2.05, 4.69) is 45.9 Å². The standard InChI is InChI=1S/C16H19N3S2/c20-16(19-15-7-10-17-11-8-15)18-9-4-12-21-13-14-5-2-1-3-6-14/h1-3,5-8,10-11H,4,9,12-13H2,(H2,17,18,19,20). The largest absolute Gasteiger partial charge is 0.362 e. The fourth-order valence-corrected chi connectivity index (χ4v) is 2.89. The summed E-state index contributed by atoms with van der Waals surface area (Å²) in [6, 6.07) is 14.3. The molecule has 0 saturated heterocycles. The predicted octanol–water partition coefficient (Wildman–Crippen LogP) is 3.69. The third kappa shape index (κ3) is 6.60. The molecule has 0 bridgehead atoms. The molecule has 5 heteroatoms. The number of rotatable bonds is 7. The minimum absolute atomic E-state index is 0.661. The van der Waals surface area contributed by atoms with Gasteiger partial charge in [0.05, 0.1) is 0 Å². The highest BCUT2D eigenvalue weighted by Crippen LogP contribution is 2.12. The Morgan fingerprint density at radius 1 is 1.10 bits per heavy atom. The van der Waals surface area contributed by atoms with Gasteiger partial charge in [-0.2, -0.15) is 11.8 Å². The molecule has 0 unspecified atom stereocenters. The highest BCUT2D eigenvalue weighted by molar-refractivity contribution is 7.98. The topological polar surface area (TPSA) is 37.0 Å². The summed E-state index contributed by atoms with van der Waals surface area (Å²) in [6.45, 7) is 0.888. The van der Waals surface area contributed by atoms with E-state index < -0.39 is 0 Å². The van der Waals surface area contributed by atoms with Gasteiger partial charge in [0, 0.05) is 30.4 Å². The van der Waals surface area contributed by atoms with Gasteiger partial charge in [0.25, 0.3) is 0 Å². The Bertz CT molecular complexity index is 532. The molecule has 110 valence electrons. The highest BCUT2D eigenvalue weighted by atomic mass is 32.2. The Morgan fingerprint density at radius 3 is 2.62 bits per heavy atom. The summed E-state index contributed by atoms with van der Waals surface area (Å²) >= 11 is 7.19.